The summed E-state index contributed by atoms with van der Waals surface area (Å²) in [6.45, 7) is 5.22. The molecule has 18 heavy (non-hydrogen) atoms. The summed E-state index contributed by atoms with van der Waals surface area (Å²) in [5.74, 6) is -0.562. The molecule has 0 unspecified atom stereocenters. The van der Waals surface area contributed by atoms with Gasteiger partial charge in [0, 0.05) is 5.54 Å². The molecule has 0 radical (unpaired) electrons. The van der Waals surface area contributed by atoms with Crippen molar-refractivity contribution in [3.63, 3.8) is 0 Å². The van der Waals surface area contributed by atoms with E-state index in [0.29, 0.717) is 0 Å². The normalized spacial score (nSPS) is 10.6. The number of imide groups is 1. The van der Waals surface area contributed by atoms with Crippen molar-refractivity contribution in [3.8, 4) is 6.07 Å². The lowest BCUT2D eigenvalue weighted by atomic mass is 10.1. The molecule has 1 aromatic rings. The number of hydrogen-bond acceptors (Lipinski definition) is 5. The zero-order valence-electron chi connectivity index (χ0n) is 10.4. The maximum Gasteiger partial charge on any atom is 0.321 e. The summed E-state index contributed by atoms with van der Waals surface area (Å²) in [7, 11) is 0. The number of carbonyl (C=O) groups excluding carboxylic acids is 2. The number of nitriles is 1. The third kappa shape index (κ3) is 4.61. The summed E-state index contributed by atoms with van der Waals surface area (Å²) >= 11 is 0. The molecule has 0 spiro atoms. The van der Waals surface area contributed by atoms with Crippen molar-refractivity contribution in [2.24, 2.45) is 0 Å². The highest BCUT2D eigenvalue weighted by molar-refractivity contribution is 5.94. The lowest BCUT2D eigenvalue weighted by Gasteiger charge is -2.20. The van der Waals surface area contributed by atoms with Crippen molar-refractivity contribution in [1.29, 1.82) is 5.26 Å². The van der Waals surface area contributed by atoms with Crippen LogP contribution in [-0.2, 0) is 11.3 Å². The van der Waals surface area contributed by atoms with E-state index in [2.05, 4.69) is 20.7 Å². The van der Waals surface area contributed by atoms with E-state index in [1.807, 2.05) is 0 Å². The third-order valence-electron chi connectivity index (χ3n) is 1.68. The second-order valence-corrected chi connectivity index (χ2v) is 4.63. The first-order chi connectivity index (χ1) is 8.30. The molecular formula is C10H14N6O2. The first-order valence-electron chi connectivity index (χ1n) is 5.22. The molecule has 0 aliphatic heterocycles. The van der Waals surface area contributed by atoms with E-state index >= 15 is 0 Å². The Balaban J connectivity index is 2.47. The maximum absolute atomic E-state index is 11.5. The predicted molar refractivity (Wildman–Crippen MR) is 61.2 cm³/mol. The van der Waals surface area contributed by atoms with Crippen LogP contribution < -0.4 is 10.6 Å². The molecule has 0 aromatic carbocycles. The fourth-order valence-electron chi connectivity index (χ4n) is 1.11. The number of nitrogens with zero attached hydrogens (tertiary/aromatic N) is 4. The van der Waals surface area contributed by atoms with Gasteiger partial charge in [-0.1, -0.05) is 0 Å². The number of hydrogen-bond donors (Lipinski definition) is 2. The second-order valence-electron chi connectivity index (χ2n) is 4.63. The van der Waals surface area contributed by atoms with Gasteiger partial charge in [0.1, 0.15) is 18.9 Å². The van der Waals surface area contributed by atoms with Crippen LogP contribution in [0.5, 0.6) is 0 Å². The fourth-order valence-corrected chi connectivity index (χ4v) is 1.11. The number of carbonyl (C=O) groups is 2. The van der Waals surface area contributed by atoms with Gasteiger partial charge in [0.15, 0.2) is 0 Å². The average molecular weight is 250 g/mol. The Morgan fingerprint density at radius 2 is 2.17 bits per heavy atom. The Morgan fingerprint density at radius 3 is 2.67 bits per heavy atom. The molecule has 0 saturated carbocycles. The van der Waals surface area contributed by atoms with Crippen LogP contribution in [-0.4, -0.2) is 32.2 Å². The van der Waals surface area contributed by atoms with Crippen LogP contribution in [0.4, 0.5) is 4.79 Å². The lowest BCUT2D eigenvalue weighted by Crippen LogP contribution is -2.48. The van der Waals surface area contributed by atoms with Gasteiger partial charge >= 0.3 is 6.03 Å². The molecule has 0 aliphatic rings. The molecule has 1 heterocycles. The molecule has 0 bridgehead atoms. The average Bonchev–Trinajstić information content (AvgIpc) is 2.61. The van der Waals surface area contributed by atoms with Gasteiger partial charge in [0.05, 0.1) is 0 Å². The molecule has 0 atom stereocenters. The Kier molecular flexibility index (Phi) is 3.99. The number of amides is 3. The first-order valence-corrected chi connectivity index (χ1v) is 5.22. The first kappa shape index (κ1) is 13.6. The Morgan fingerprint density at radius 1 is 1.50 bits per heavy atom. The molecule has 3 amide bonds. The highest BCUT2D eigenvalue weighted by Gasteiger charge is 2.16. The van der Waals surface area contributed by atoms with Gasteiger partial charge in [-0.3, -0.25) is 10.1 Å². The van der Waals surface area contributed by atoms with E-state index < -0.39 is 17.5 Å². The molecule has 0 aliphatic carbocycles. The molecule has 96 valence electrons. The maximum atomic E-state index is 11.5. The number of urea groups is 1. The minimum Gasteiger partial charge on any atom is -0.333 e. The van der Waals surface area contributed by atoms with Crippen molar-refractivity contribution < 1.29 is 9.59 Å². The summed E-state index contributed by atoms with van der Waals surface area (Å²) in [5, 5.41) is 16.9. The van der Waals surface area contributed by atoms with Gasteiger partial charge < -0.3 is 5.32 Å². The molecule has 8 heteroatoms. The van der Waals surface area contributed by atoms with Gasteiger partial charge in [0.2, 0.25) is 5.91 Å². The Hall–Kier alpha value is -2.43. The van der Waals surface area contributed by atoms with E-state index in [4.69, 9.17) is 5.26 Å². The van der Waals surface area contributed by atoms with Gasteiger partial charge in [-0.2, -0.15) is 5.26 Å². The van der Waals surface area contributed by atoms with Gasteiger partial charge in [0.25, 0.3) is 5.82 Å². The van der Waals surface area contributed by atoms with Crippen LogP contribution >= 0.6 is 0 Å². The monoisotopic (exact) mass is 250 g/mol. The fraction of sp³-hybridized carbons (Fsp3) is 0.500. The van der Waals surface area contributed by atoms with Crippen LogP contribution in [0.1, 0.15) is 26.6 Å². The minimum atomic E-state index is -0.576. The van der Waals surface area contributed by atoms with E-state index in [1.165, 1.54) is 11.0 Å². The van der Waals surface area contributed by atoms with Crippen molar-refractivity contribution in [2.45, 2.75) is 32.9 Å². The van der Waals surface area contributed by atoms with Gasteiger partial charge in [-0.15, -0.1) is 5.10 Å². The standard InChI is InChI=1S/C10H14N6O2/c1-10(2,3)14-9(18)13-8(17)5-16-6-12-7(4-11)15-16/h6H,5H2,1-3H3,(H2,13,14,17,18). The van der Waals surface area contributed by atoms with Crippen molar-refractivity contribution in [2.75, 3.05) is 0 Å². The third-order valence-corrected chi connectivity index (χ3v) is 1.68. The molecule has 1 aromatic heterocycles. The second kappa shape index (κ2) is 5.27. The summed E-state index contributed by atoms with van der Waals surface area (Å²) in [6, 6.07) is 1.16. The topological polar surface area (TPSA) is 113 Å². The van der Waals surface area contributed by atoms with E-state index in [1.54, 1.807) is 26.8 Å². The zero-order valence-corrected chi connectivity index (χ0v) is 10.4. The zero-order chi connectivity index (χ0) is 13.8. The molecule has 0 saturated heterocycles. The number of aromatic nitrogens is 3. The van der Waals surface area contributed by atoms with E-state index in [-0.39, 0.29) is 12.4 Å². The van der Waals surface area contributed by atoms with Crippen LogP contribution in [0.25, 0.3) is 0 Å². The number of nitrogens with one attached hydrogen (secondary N) is 2. The van der Waals surface area contributed by atoms with Crippen LogP contribution in [0, 0.1) is 11.3 Å². The van der Waals surface area contributed by atoms with Crippen LogP contribution in [0.2, 0.25) is 0 Å². The smallest absolute Gasteiger partial charge is 0.321 e. The van der Waals surface area contributed by atoms with Crippen LogP contribution in [0.15, 0.2) is 6.33 Å². The molecule has 8 nitrogen and oxygen atoms in total. The van der Waals surface area contributed by atoms with Crippen LogP contribution in [0.3, 0.4) is 0 Å². The molecule has 2 N–H and O–H groups in total. The van der Waals surface area contributed by atoms with Gasteiger partial charge in [-0.25, -0.2) is 14.5 Å². The predicted octanol–water partition coefficient (Wildman–Crippen LogP) is -0.226. The summed E-state index contributed by atoms with van der Waals surface area (Å²) in [5.41, 5.74) is -0.425. The van der Waals surface area contributed by atoms with Crippen molar-refractivity contribution in [3.05, 3.63) is 12.2 Å². The van der Waals surface area contributed by atoms with Crippen molar-refractivity contribution >= 4 is 11.9 Å². The van der Waals surface area contributed by atoms with E-state index in [9.17, 15) is 9.59 Å². The minimum absolute atomic E-state index is 0.0260. The molecule has 1 rings (SSSR count). The largest absolute Gasteiger partial charge is 0.333 e. The highest BCUT2D eigenvalue weighted by atomic mass is 16.2. The quantitative estimate of drug-likeness (QED) is 0.753. The Labute approximate surface area is 104 Å². The summed E-state index contributed by atoms with van der Waals surface area (Å²) < 4.78 is 1.18. The number of rotatable bonds is 2. The molecular weight excluding hydrogens is 236 g/mol. The summed E-state index contributed by atoms with van der Waals surface area (Å²) in [4.78, 5) is 26.5. The Bertz CT molecular complexity index is 493. The summed E-state index contributed by atoms with van der Waals surface area (Å²) in [6.07, 6.45) is 1.25. The lowest BCUT2D eigenvalue weighted by molar-refractivity contribution is -0.120. The van der Waals surface area contributed by atoms with Crippen molar-refractivity contribution in [1.82, 2.24) is 25.4 Å². The van der Waals surface area contributed by atoms with Gasteiger partial charge in [-0.05, 0) is 20.8 Å². The highest BCUT2D eigenvalue weighted by Crippen LogP contribution is 1.97. The van der Waals surface area contributed by atoms with E-state index in [0.717, 1.165) is 0 Å². The SMILES string of the molecule is CC(C)(C)NC(=O)NC(=O)Cn1cnc(C#N)n1. The molecule has 0 fully saturated rings.